The summed E-state index contributed by atoms with van der Waals surface area (Å²) in [5, 5.41) is 0.442. The lowest BCUT2D eigenvalue weighted by Crippen LogP contribution is -2.36. The van der Waals surface area contributed by atoms with E-state index < -0.39 is 21.6 Å². The first kappa shape index (κ1) is 25.3. The molecular formula is C24H30BrNO4S. The van der Waals surface area contributed by atoms with Crippen molar-refractivity contribution in [2.45, 2.75) is 50.7 Å². The summed E-state index contributed by atoms with van der Waals surface area (Å²) in [5.74, 6) is -0.444. The fourth-order valence-electron chi connectivity index (χ4n) is 3.01. The van der Waals surface area contributed by atoms with Gasteiger partial charge in [0.1, 0.15) is 5.60 Å². The van der Waals surface area contributed by atoms with Crippen molar-refractivity contribution in [3.63, 3.8) is 0 Å². The molecule has 0 aliphatic heterocycles. The first-order valence-corrected chi connectivity index (χ1v) is 12.7. The van der Waals surface area contributed by atoms with Crippen LogP contribution in [0.15, 0.2) is 71.6 Å². The molecule has 2 aromatic rings. The van der Waals surface area contributed by atoms with Crippen LogP contribution in [0.25, 0.3) is 0 Å². The van der Waals surface area contributed by atoms with Crippen LogP contribution in [-0.2, 0) is 19.6 Å². The van der Waals surface area contributed by atoms with Crippen LogP contribution in [0, 0.1) is 6.92 Å². The highest BCUT2D eigenvalue weighted by molar-refractivity contribution is 9.09. The Morgan fingerprint density at radius 3 is 2.26 bits per heavy atom. The van der Waals surface area contributed by atoms with Crippen molar-refractivity contribution >= 4 is 31.9 Å². The number of hydrogen-bond acceptors (Lipinski definition) is 4. The zero-order chi connectivity index (χ0) is 23.1. The minimum Gasteiger partial charge on any atom is -0.457 e. The lowest BCUT2D eigenvalue weighted by atomic mass is 10.1. The van der Waals surface area contributed by atoms with Crippen LogP contribution in [0.3, 0.4) is 0 Å². The van der Waals surface area contributed by atoms with Crippen LogP contribution in [-0.4, -0.2) is 36.2 Å². The summed E-state index contributed by atoms with van der Waals surface area (Å²) < 4.78 is 33.8. The predicted molar refractivity (Wildman–Crippen MR) is 128 cm³/mol. The van der Waals surface area contributed by atoms with Crippen molar-refractivity contribution in [1.82, 2.24) is 4.31 Å². The molecule has 7 heteroatoms. The molecule has 0 saturated carbocycles. The summed E-state index contributed by atoms with van der Waals surface area (Å²) in [6.45, 7) is 7.54. The topological polar surface area (TPSA) is 63.7 Å². The zero-order valence-electron chi connectivity index (χ0n) is 18.4. The molecule has 0 saturated heterocycles. The van der Waals surface area contributed by atoms with Crippen molar-refractivity contribution < 1.29 is 17.9 Å². The Morgan fingerprint density at radius 1 is 1.10 bits per heavy atom. The molecule has 0 unspecified atom stereocenters. The van der Waals surface area contributed by atoms with E-state index >= 15 is 0 Å². The highest BCUT2D eigenvalue weighted by Crippen LogP contribution is 2.30. The van der Waals surface area contributed by atoms with Gasteiger partial charge in [-0.2, -0.15) is 4.31 Å². The molecule has 0 radical (unpaired) electrons. The first-order chi connectivity index (χ1) is 14.5. The molecule has 0 heterocycles. The van der Waals surface area contributed by atoms with E-state index in [2.05, 4.69) is 15.9 Å². The van der Waals surface area contributed by atoms with Gasteiger partial charge in [0.15, 0.2) is 0 Å². The standard InChI is InChI=1S/C24H30BrNO4S/c1-19-13-15-21(16-14-19)31(28,29)26(22(18-25)20-10-6-5-7-11-20)17-9-8-12-23(27)30-24(2,3)4/h5-8,10-16,22H,9,17-18H2,1-4H3/b12-8+/t22-/m1/s1. The average molecular weight is 508 g/mol. The van der Waals surface area contributed by atoms with Crippen LogP contribution >= 0.6 is 15.9 Å². The maximum Gasteiger partial charge on any atom is 0.330 e. The summed E-state index contributed by atoms with van der Waals surface area (Å²) >= 11 is 3.50. The Labute approximate surface area is 194 Å². The molecule has 0 bridgehead atoms. The van der Waals surface area contributed by atoms with Gasteiger partial charge in [-0.3, -0.25) is 0 Å². The fourth-order valence-corrected chi connectivity index (χ4v) is 5.56. The number of carbonyl (C=O) groups excluding carboxylic acids is 1. The number of aryl methyl sites for hydroxylation is 1. The van der Waals surface area contributed by atoms with E-state index in [1.165, 1.54) is 10.4 Å². The van der Waals surface area contributed by atoms with Crippen molar-refractivity contribution in [2.75, 3.05) is 11.9 Å². The van der Waals surface area contributed by atoms with Gasteiger partial charge in [-0.1, -0.05) is 70.0 Å². The van der Waals surface area contributed by atoms with Crippen molar-refractivity contribution in [3.05, 3.63) is 77.9 Å². The van der Waals surface area contributed by atoms with Gasteiger partial charge in [0.2, 0.25) is 10.0 Å². The predicted octanol–water partition coefficient (Wildman–Crippen LogP) is 5.41. The van der Waals surface area contributed by atoms with E-state index in [4.69, 9.17) is 4.74 Å². The third-order valence-corrected chi connectivity index (χ3v) is 7.02. The summed E-state index contributed by atoms with van der Waals surface area (Å²) in [7, 11) is -3.75. The van der Waals surface area contributed by atoms with Gasteiger partial charge in [0.25, 0.3) is 0 Å². The number of nitrogens with zero attached hydrogens (tertiary/aromatic N) is 1. The van der Waals surface area contributed by atoms with Crippen LogP contribution in [0.5, 0.6) is 0 Å². The number of ether oxygens (including phenoxy) is 1. The first-order valence-electron chi connectivity index (χ1n) is 10.1. The molecule has 0 spiro atoms. The van der Waals surface area contributed by atoms with E-state index in [0.29, 0.717) is 11.8 Å². The minimum atomic E-state index is -3.75. The molecule has 2 aromatic carbocycles. The van der Waals surface area contributed by atoms with Gasteiger partial charge in [-0.05, 0) is 51.8 Å². The molecule has 0 aliphatic rings. The number of alkyl halides is 1. The zero-order valence-corrected chi connectivity index (χ0v) is 20.8. The molecule has 1 atom stereocenters. The van der Waals surface area contributed by atoms with Gasteiger partial charge < -0.3 is 4.74 Å². The molecule has 0 aromatic heterocycles. The molecule has 0 N–H and O–H groups in total. The normalized spacial score (nSPS) is 13.5. The Balaban J connectivity index is 2.30. The Hall–Kier alpha value is -1.96. The quantitative estimate of drug-likeness (QED) is 0.258. The van der Waals surface area contributed by atoms with Crippen LogP contribution in [0.2, 0.25) is 0 Å². The maximum atomic E-state index is 13.5. The van der Waals surface area contributed by atoms with Gasteiger partial charge in [0, 0.05) is 18.0 Å². The number of carbonyl (C=O) groups is 1. The highest BCUT2D eigenvalue weighted by atomic mass is 79.9. The number of hydrogen-bond donors (Lipinski definition) is 0. The van der Waals surface area contributed by atoms with E-state index in [9.17, 15) is 13.2 Å². The summed E-state index contributed by atoms with van der Waals surface area (Å²) in [6.07, 6.45) is 3.39. The smallest absolute Gasteiger partial charge is 0.330 e. The van der Waals surface area contributed by atoms with Crippen molar-refractivity contribution in [1.29, 1.82) is 0 Å². The van der Waals surface area contributed by atoms with Gasteiger partial charge in [-0.15, -0.1) is 0 Å². The largest absolute Gasteiger partial charge is 0.457 e. The molecule has 168 valence electrons. The number of esters is 1. The molecule has 0 aliphatic carbocycles. The van der Waals surface area contributed by atoms with Gasteiger partial charge in [0.05, 0.1) is 10.9 Å². The number of halogens is 1. The van der Waals surface area contributed by atoms with E-state index in [1.54, 1.807) is 51.1 Å². The Morgan fingerprint density at radius 2 is 1.71 bits per heavy atom. The second-order valence-corrected chi connectivity index (χ2v) is 10.8. The molecule has 0 fully saturated rings. The SMILES string of the molecule is Cc1ccc(S(=O)(=O)N(CC/C=C/C(=O)OC(C)(C)C)[C@H](CBr)c2ccccc2)cc1. The second kappa shape index (κ2) is 11.1. The van der Waals surface area contributed by atoms with Gasteiger partial charge in [-0.25, -0.2) is 13.2 Å². The second-order valence-electron chi connectivity index (χ2n) is 8.23. The van der Waals surface area contributed by atoms with E-state index in [0.717, 1.165) is 11.1 Å². The van der Waals surface area contributed by atoms with Crippen molar-refractivity contribution in [2.24, 2.45) is 0 Å². The van der Waals surface area contributed by atoms with Crippen LogP contribution in [0.1, 0.15) is 44.4 Å². The Bertz CT molecular complexity index is 980. The van der Waals surface area contributed by atoms with E-state index in [1.807, 2.05) is 37.3 Å². The van der Waals surface area contributed by atoms with Crippen LogP contribution < -0.4 is 0 Å². The lowest BCUT2D eigenvalue weighted by Gasteiger charge is -2.30. The van der Waals surface area contributed by atoms with Crippen LogP contribution in [0.4, 0.5) is 0 Å². The third kappa shape index (κ3) is 7.59. The molecule has 2 rings (SSSR count). The summed E-state index contributed by atoms with van der Waals surface area (Å²) in [4.78, 5) is 12.2. The van der Waals surface area contributed by atoms with E-state index in [-0.39, 0.29) is 17.5 Å². The highest BCUT2D eigenvalue weighted by Gasteiger charge is 2.31. The van der Waals surface area contributed by atoms with Gasteiger partial charge >= 0.3 is 5.97 Å². The fraction of sp³-hybridized carbons (Fsp3) is 0.375. The monoisotopic (exact) mass is 507 g/mol. The third-order valence-electron chi connectivity index (χ3n) is 4.48. The molecular weight excluding hydrogens is 478 g/mol. The van der Waals surface area contributed by atoms with Crippen molar-refractivity contribution in [3.8, 4) is 0 Å². The summed E-state index contributed by atoms with van der Waals surface area (Å²) in [6, 6.07) is 16.0. The molecule has 0 amide bonds. The number of benzene rings is 2. The average Bonchev–Trinajstić information content (AvgIpc) is 2.70. The Kier molecular flexibility index (Phi) is 9.03. The number of sulfonamides is 1. The maximum absolute atomic E-state index is 13.5. The minimum absolute atomic E-state index is 0.223. The lowest BCUT2D eigenvalue weighted by molar-refractivity contribution is -0.148. The molecule has 31 heavy (non-hydrogen) atoms. The molecule has 5 nitrogen and oxygen atoms in total. The number of rotatable bonds is 9. The summed E-state index contributed by atoms with van der Waals surface area (Å²) in [5.41, 5.74) is 1.31.